The van der Waals surface area contributed by atoms with Crippen molar-refractivity contribution in [2.75, 3.05) is 11.9 Å². The van der Waals surface area contributed by atoms with Crippen LogP contribution < -0.4 is 10.9 Å². The Bertz CT molecular complexity index is 1070. The summed E-state index contributed by atoms with van der Waals surface area (Å²) in [6, 6.07) is 10.7. The molecular formula is C21H21ClFN3O2. The van der Waals surface area contributed by atoms with Gasteiger partial charge in [-0.25, -0.2) is 9.18 Å². The minimum Gasteiger partial charge on any atom is -0.328 e. The third-order valence-electron chi connectivity index (χ3n) is 4.66. The van der Waals surface area contributed by atoms with E-state index in [9.17, 15) is 14.0 Å². The number of nitrogens with zero attached hydrogens (tertiary/aromatic N) is 1. The normalized spacial score (nSPS) is 12.0. The first-order valence-corrected chi connectivity index (χ1v) is 9.43. The van der Waals surface area contributed by atoms with Gasteiger partial charge in [0, 0.05) is 23.8 Å². The number of anilines is 1. The number of aromatic amines is 1. The average molecular weight is 402 g/mol. The van der Waals surface area contributed by atoms with Crippen LogP contribution in [0.1, 0.15) is 31.9 Å². The SMILES string of the molecule is CCCN(C(=O)Nc1ccc(F)c(Cl)c1)[C@@H](C)c1c[nH]c(=O)c2ccccc12. The van der Waals surface area contributed by atoms with E-state index in [2.05, 4.69) is 10.3 Å². The minimum absolute atomic E-state index is 0.0560. The van der Waals surface area contributed by atoms with Crippen LogP contribution in [-0.4, -0.2) is 22.5 Å². The van der Waals surface area contributed by atoms with Crippen LogP contribution in [0.15, 0.2) is 53.5 Å². The van der Waals surface area contributed by atoms with Crippen LogP contribution in [-0.2, 0) is 0 Å². The molecule has 28 heavy (non-hydrogen) atoms. The van der Waals surface area contributed by atoms with Gasteiger partial charge in [-0.15, -0.1) is 0 Å². The molecule has 5 nitrogen and oxygen atoms in total. The predicted octanol–water partition coefficient (Wildman–Crippen LogP) is 5.33. The van der Waals surface area contributed by atoms with Gasteiger partial charge in [0.05, 0.1) is 11.1 Å². The molecule has 7 heteroatoms. The number of amides is 2. The highest BCUT2D eigenvalue weighted by Crippen LogP contribution is 2.27. The summed E-state index contributed by atoms with van der Waals surface area (Å²) in [6.45, 7) is 4.40. The first-order chi connectivity index (χ1) is 13.4. The third kappa shape index (κ3) is 4.02. The van der Waals surface area contributed by atoms with Crippen molar-refractivity contribution < 1.29 is 9.18 Å². The number of aromatic nitrogens is 1. The fourth-order valence-electron chi connectivity index (χ4n) is 3.23. The Kier molecular flexibility index (Phi) is 5.99. The summed E-state index contributed by atoms with van der Waals surface area (Å²) in [6.07, 6.45) is 2.41. The Morgan fingerprint density at radius 1 is 1.25 bits per heavy atom. The molecule has 1 aromatic heterocycles. The molecule has 3 rings (SSSR count). The molecule has 0 saturated carbocycles. The van der Waals surface area contributed by atoms with Crippen LogP contribution in [0, 0.1) is 5.82 Å². The lowest BCUT2D eigenvalue weighted by Gasteiger charge is -2.30. The zero-order valence-electron chi connectivity index (χ0n) is 15.6. The second-order valence-corrected chi connectivity index (χ2v) is 6.95. The Labute approximate surface area is 167 Å². The number of rotatable bonds is 5. The minimum atomic E-state index is -0.543. The quantitative estimate of drug-likeness (QED) is 0.607. The topological polar surface area (TPSA) is 65.2 Å². The van der Waals surface area contributed by atoms with Crippen molar-refractivity contribution in [3.05, 3.63) is 75.4 Å². The number of fused-ring (bicyclic) bond motifs is 1. The van der Waals surface area contributed by atoms with Crippen molar-refractivity contribution in [1.29, 1.82) is 0 Å². The molecule has 146 valence electrons. The van der Waals surface area contributed by atoms with Gasteiger partial charge in [0.15, 0.2) is 0 Å². The molecule has 0 spiro atoms. The van der Waals surface area contributed by atoms with Gasteiger partial charge in [0.1, 0.15) is 5.82 Å². The molecule has 2 N–H and O–H groups in total. The van der Waals surface area contributed by atoms with Crippen molar-refractivity contribution in [1.82, 2.24) is 9.88 Å². The molecule has 0 aliphatic rings. The smallest absolute Gasteiger partial charge is 0.322 e. The zero-order chi connectivity index (χ0) is 20.3. The molecule has 0 aliphatic heterocycles. The maximum atomic E-state index is 13.4. The van der Waals surface area contributed by atoms with E-state index in [1.165, 1.54) is 18.2 Å². The van der Waals surface area contributed by atoms with Gasteiger partial charge in [-0.1, -0.05) is 36.7 Å². The molecule has 3 aromatic rings. The Hall–Kier alpha value is -2.86. The second-order valence-electron chi connectivity index (χ2n) is 6.55. The van der Waals surface area contributed by atoms with E-state index in [4.69, 9.17) is 11.6 Å². The molecule has 0 aliphatic carbocycles. The largest absolute Gasteiger partial charge is 0.328 e. The summed E-state index contributed by atoms with van der Waals surface area (Å²) in [5.74, 6) is -0.543. The summed E-state index contributed by atoms with van der Waals surface area (Å²) in [5, 5.41) is 4.09. The molecule has 0 fully saturated rings. The average Bonchev–Trinajstić information content (AvgIpc) is 2.69. The molecule has 0 saturated heterocycles. The van der Waals surface area contributed by atoms with E-state index >= 15 is 0 Å². The van der Waals surface area contributed by atoms with Gasteiger partial charge in [-0.2, -0.15) is 0 Å². The van der Waals surface area contributed by atoms with Crippen molar-refractivity contribution >= 4 is 34.1 Å². The molecular weight excluding hydrogens is 381 g/mol. The van der Waals surface area contributed by atoms with Crippen LogP contribution in [0.3, 0.4) is 0 Å². The van der Waals surface area contributed by atoms with E-state index in [-0.39, 0.29) is 22.7 Å². The number of benzene rings is 2. The van der Waals surface area contributed by atoms with Gasteiger partial charge < -0.3 is 15.2 Å². The van der Waals surface area contributed by atoms with Gasteiger partial charge >= 0.3 is 6.03 Å². The maximum Gasteiger partial charge on any atom is 0.322 e. The number of halogens is 2. The highest BCUT2D eigenvalue weighted by molar-refractivity contribution is 6.31. The number of carbonyl (C=O) groups excluding carboxylic acids is 1. The van der Waals surface area contributed by atoms with Gasteiger partial charge in [-0.05, 0) is 48.6 Å². The lowest BCUT2D eigenvalue weighted by atomic mass is 10.0. The summed E-state index contributed by atoms with van der Waals surface area (Å²) >= 11 is 5.80. The van der Waals surface area contributed by atoms with Crippen LogP contribution in [0.5, 0.6) is 0 Å². The zero-order valence-corrected chi connectivity index (χ0v) is 16.4. The molecule has 0 radical (unpaired) electrons. The fourth-order valence-corrected chi connectivity index (χ4v) is 3.41. The van der Waals surface area contributed by atoms with E-state index in [0.717, 1.165) is 17.4 Å². The van der Waals surface area contributed by atoms with Crippen molar-refractivity contribution in [3.8, 4) is 0 Å². The molecule has 0 bridgehead atoms. The Morgan fingerprint density at radius 2 is 1.96 bits per heavy atom. The highest BCUT2D eigenvalue weighted by Gasteiger charge is 2.23. The first kappa shape index (κ1) is 19.9. The fraction of sp³-hybridized carbons (Fsp3) is 0.238. The Balaban J connectivity index is 1.93. The lowest BCUT2D eigenvalue weighted by Crippen LogP contribution is -2.38. The number of nitrogens with one attached hydrogen (secondary N) is 2. The van der Waals surface area contributed by atoms with Crippen LogP contribution in [0.2, 0.25) is 5.02 Å². The standard InChI is InChI=1S/C21H21ClFN3O2/c1-3-10-26(21(28)25-14-8-9-19(23)18(22)11-14)13(2)17-12-24-20(27)16-7-5-4-6-15(16)17/h4-9,11-13H,3,10H2,1-2H3,(H,24,27)(H,25,28)/t13-/m0/s1. The number of hydrogen-bond acceptors (Lipinski definition) is 2. The van der Waals surface area contributed by atoms with Gasteiger partial charge in [0.25, 0.3) is 5.56 Å². The van der Waals surface area contributed by atoms with Crippen LogP contribution in [0.25, 0.3) is 10.8 Å². The van der Waals surface area contributed by atoms with Crippen molar-refractivity contribution in [3.63, 3.8) is 0 Å². The summed E-state index contributed by atoms with van der Waals surface area (Å²) in [4.78, 5) is 29.4. The predicted molar refractivity (Wildman–Crippen MR) is 110 cm³/mol. The highest BCUT2D eigenvalue weighted by atomic mass is 35.5. The summed E-state index contributed by atoms with van der Waals surface area (Å²) in [7, 11) is 0. The number of hydrogen-bond donors (Lipinski definition) is 2. The maximum absolute atomic E-state index is 13.4. The van der Waals surface area contributed by atoms with Crippen molar-refractivity contribution in [2.45, 2.75) is 26.3 Å². The molecule has 2 aromatic carbocycles. The van der Waals surface area contributed by atoms with E-state index in [0.29, 0.717) is 17.6 Å². The molecule has 2 amide bonds. The van der Waals surface area contributed by atoms with Crippen LogP contribution in [0.4, 0.5) is 14.9 Å². The third-order valence-corrected chi connectivity index (χ3v) is 4.94. The van der Waals surface area contributed by atoms with E-state index < -0.39 is 5.82 Å². The molecule has 1 atom stereocenters. The summed E-state index contributed by atoms with van der Waals surface area (Å²) < 4.78 is 13.4. The molecule has 1 heterocycles. The van der Waals surface area contributed by atoms with Gasteiger partial charge in [0.2, 0.25) is 0 Å². The number of pyridine rings is 1. The lowest BCUT2D eigenvalue weighted by molar-refractivity contribution is 0.193. The number of H-pyrrole nitrogens is 1. The van der Waals surface area contributed by atoms with Crippen LogP contribution >= 0.6 is 11.6 Å². The first-order valence-electron chi connectivity index (χ1n) is 9.05. The van der Waals surface area contributed by atoms with Crippen molar-refractivity contribution in [2.24, 2.45) is 0 Å². The monoisotopic (exact) mass is 401 g/mol. The van der Waals surface area contributed by atoms with E-state index in [1.807, 2.05) is 26.0 Å². The van der Waals surface area contributed by atoms with Gasteiger partial charge in [-0.3, -0.25) is 4.79 Å². The Morgan fingerprint density at radius 3 is 2.64 bits per heavy atom. The van der Waals surface area contributed by atoms with E-state index in [1.54, 1.807) is 23.2 Å². The summed E-state index contributed by atoms with van der Waals surface area (Å²) in [5.41, 5.74) is 1.09. The number of urea groups is 1. The second kappa shape index (κ2) is 8.44. The number of carbonyl (C=O) groups is 1. The molecule has 0 unspecified atom stereocenters.